The Labute approximate surface area is 156 Å². The van der Waals surface area contributed by atoms with E-state index < -0.39 is 6.80 Å². The fraction of sp³-hybridized carbons (Fsp3) is 0.350. The number of benzene rings is 1. The molecular formula is C20H21F2N5. The lowest BCUT2D eigenvalue weighted by molar-refractivity contribution is 0.379. The van der Waals surface area contributed by atoms with Crippen molar-refractivity contribution in [3.05, 3.63) is 48.7 Å². The minimum absolute atomic E-state index is 0.328. The molecule has 27 heavy (non-hydrogen) atoms. The van der Waals surface area contributed by atoms with Gasteiger partial charge in [-0.2, -0.15) is 0 Å². The number of hydrogen-bond acceptors (Lipinski definition) is 4. The molecule has 5 nitrogen and oxygen atoms in total. The SMILES string of the molecule is FCn1cnc(-c2ccc(F)cc2)c1-c1ccnc(NCC2CCCC2)n1. The van der Waals surface area contributed by atoms with Gasteiger partial charge in [0, 0.05) is 18.3 Å². The fourth-order valence-corrected chi connectivity index (χ4v) is 3.59. The maximum absolute atomic E-state index is 13.5. The molecule has 1 saturated carbocycles. The van der Waals surface area contributed by atoms with Gasteiger partial charge in [0.2, 0.25) is 5.95 Å². The summed E-state index contributed by atoms with van der Waals surface area (Å²) in [6.45, 7) is 0.120. The van der Waals surface area contributed by atoms with Crippen LogP contribution in [0.4, 0.5) is 14.7 Å². The number of alkyl halides is 1. The van der Waals surface area contributed by atoms with Gasteiger partial charge in [-0.25, -0.2) is 23.7 Å². The summed E-state index contributed by atoms with van der Waals surface area (Å²) >= 11 is 0. The molecule has 7 heteroatoms. The molecule has 0 amide bonds. The van der Waals surface area contributed by atoms with Crippen molar-refractivity contribution in [3.8, 4) is 22.6 Å². The van der Waals surface area contributed by atoms with Crippen LogP contribution in [0.3, 0.4) is 0 Å². The molecule has 1 aromatic carbocycles. The molecule has 3 aromatic rings. The highest BCUT2D eigenvalue weighted by Crippen LogP contribution is 2.31. The quantitative estimate of drug-likeness (QED) is 0.686. The smallest absolute Gasteiger partial charge is 0.223 e. The summed E-state index contributed by atoms with van der Waals surface area (Å²) in [7, 11) is 0. The summed E-state index contributed by atoms with van der Waals surface area (Å²) < 4.78 is 28.2. The molecule has 1 N–H and O–H groups in total. The van der Waals surface area contributed by atoms with E-state index in [1.165, 1.54) is 48.7 Å². The summed E-state index contributed by atoms with van der Waals surface area (Å²) in [4.78, 5) is 13.2. The van der Waals surface area contributed by atoms with Crippen molar-refractivity contribution in [3.63, 3.8) is 0 Å². The molecule has 0 saturated heterocycles. The maximum Gasteiger partial charge on any atom is 0.223 e. The standard InChI is InChI=1S/C20H21F2N5/c21-12-27-13-25-18(15-5-7-16(22)8-6-15)19(27)17-9-10-23-20(26-17)24-11-14-3-1-2-4-14/h5-10,13-14H,1-4,11-12H2,(H,23,24,26). The number of hydrogen-bond donors (Lipinski definition) is 1. The van der Waals surface area contributed by atoms with E-state index in [2.05, 4.69) is 20.3 Å². The fourth-order valence-electron chi connectivity index (χ4n) is 3.59. The summed E-state index contributed by atoms with van der Waals surface area (Å²) in [6, 6.07) is 7.72. The van der Waals surface area contributed by atoms with Gasteiger partial charge in [0.05, 0.1) is 23.4 Å². The molecule has 0 spiro atoms. The zero-order valence-electron chi connectivity index (χ0n) is 14.9. The van der Waals surface area contributed by atoms with Crippen LogP contribution in [0.2, 0.25) is 0 Å². The van der Waals surface area contributed by atoms with Crippen LogP contribution in [-0.4, -0.2) is 26.1 Å². The van der Waals surface area contributed by atoms with Crippen molar-refractivity contribution < 1.29 is 8.78 Å². The van der Waals surface area contributed by atoms with Crippen LogP contribution in [0.25, 0.3) is 22.6 Å². The molecule has 4 rings (SSSR count). The molecular weight excluding hydrogens is 348 g/mol. The number of nitrogens with one attached hydrogen (secondary N) is 1. The average molecular weight is 369 g/mol. The second-order valence-electron chi connectivity index (χ2n) is 6.83. The highest BCUT2D eigenvalue weighted by Gasteiger charge is 2.18. The first-order chi connectivity index (χ1) is 13.2. The third-order valence-electron chi connectivity index (χ3n) is 5.01. The maximum atomic E-state index is 13.5. The zero-order valence-corrected chi connectivity index (χ0v) is 14.9. The molecule has 0 radical (unpaired) electrons. The first kappa shape index (κ1) is 17.6. The van der Waals surface area contributed by atoms with E-state index in [4.69, 9.17) is 0 Å². The molecule has 1 aliphatic rings. The second kappa shape index (κ2) is 7.82. The molecule has 140 valence electrons. The molecule has 0 bridgehead atoms. The number of nitrogens with zero attached hydrogens (tertiary/aromatic N) is 4. The van der Waals surface area contributed by atoms with E-state index in [1.54, 1.807) is 24.4 Å². The highest BCUT2D eigenvalue weighted by atomic mass is 19.1. The Morgan fingerprint density at radius 1 is 1.07 bits per heavy atom. The molecule has 2 aromatic heterocycles. The van der Waals surface area contributed by atoms with Gasteiger partial charge >= 0.3 is 0 Å². The summed E-state index contributed by atoms with van der Waals surface area (Å²) in [5.41, 5.74) is 2.40. The van der Waals surface area contributed by atoms with E-state index >= 15 is 0 Å². The Bertz CT molecular complexity index is 901. The van der Waals surface area contributed by atoms with Crippen LogP contribution >= 0.6 is 0 Å². The van der Waals surface area contributed by atoms with Crippen molar-refractivity contribution >= 4 is 5.95 Å². The van der Waals surface area contributed by atoms with Gasteiger partial charge < -0.3 is 5.32 Å². The largest absolute Gasteiger partial charge is 0.354 e. The van der Waals surface area contributed by atoms with Crippen LogP contribution in [0.5, 0.6) is 0 Å². The lowest BCUT2D eigenvalue weighted by Crippen LogP contribution is -2.13. The summed E-state index contributed by atoms with van der Waals surface area (Å²) in [6.07, 6.45) is 8.12. The van der Waals surface area contributed by atoms with Crippen molar-refractivity contribution in [2.45, 2.75) is 32.5 Å². The van der Waals surface area contributed by atoms with E-state index in [0.29, 0.717) is 34.5 Å². The Hall–Kier alpha value is -2.83. The third kappa shape index (κ3) is 3.82. The number of imidazole rings is 1. The lowest BCUT2D eigenvalue weighted by atomic mass is 10.1. The zero-order chi connectivity index (χ0) is 18.6. The van der Waals surface area contributed by atoms with Crippen LogP contribution in [-0.2, 0) is 6.80 Å². The molecule has 1 aliphatic carbocycles. The van der Waals surface area contributed by atoms with Crippen LogP contribution in [0.1, 0.15) is 25.7 Å². The Morgan fingerprint density at radius 2 is 1.85 bits per heavy atom. The van der Waals surface area contributed by atoms with E-state index in [-0.39, 0.29) is 5.82 Å². The number of halogens is 2. The molecule has 0 aliphatic heterocycles. The van der Waals surface area contributed by atoms with Gasteiger partial charge in [0.1, 0.15) is 5.82 Å². The topological polar surface area (TPSA) is 55.6 Å². The predicted octanol–water partition coefficient (Wildman–Crippen LogP) is 4.68. The second-order valence-corrected chi connectivity index (χ2v) is 6.83. The number of aromatic nitrogens is 4. The number of rotatable bonds is 6. The van der Waals surface area contributed by atoms with Crippen molar-refractivity contribution in [2.24, 2.45) is 5.92 Å². The van der Waals surface area contributed by atoms with E-state index in [0.717, 1.165) is 6.54 Å². The van der Waals surface area contributed by atoms with Crippen LogP contribution in [0, 0.1) is 11.7 Å². The Kier molecular flexibility index (Phi) is 5.09. The van der Waals surface area contributed by atoms with Crippen molar-refractivity contribution in [1.29, 1.82) is 0 Å². The summed E-state index contributed by atoms with van der Waals surface area (Å²) in [5, 5.41) is 3.30. The number of anilines is 1. The molecule has 2 heterocycles. The monoisotopic (exact) mass is 369 g/mol. The van der Waals surface area contributed by atoms with E-state index in [1.807, 2.05) is 0 Å². The minimum atomic E-state index is -0.724. The highest BCUT2D eigenvalue weighted by molar-refractivity contribution is 5.77. The molecule has 0 atom stereocenters. The minimum Gasteiger partial charge on any atom is -0.354 e. The van der Waals surface area contributed by atoms with Crippen molar-refractivity contribution in [2.75, 3.05) is 11.9 Å². The van der Waals surface area contributed by atoms with Crippen LogP contribution in [0.15, 0.2) is 42.9 Å². The van der Waals surface area contributed by atoms with E-state index in [9.17, 15) is 8.78 Å². The average Bonchev–Trinajstić information content (AvgIpc) is 3.37. The van der Waals surface area contributed by atoms with Gasteiger partial charge in [0.15, 0.2) is 6.80 Å². The molecule has 1 fully saturated rings. The van der Waals surface area contributed by atoms with Gasteiger partial charge in [0.25, 0.3) is 0 Å². The first-order valence-electron chi connectivity index (χ1n) is 9.19. The third-order valence-corrected chi connectivity index (χ3v) is 5.01. The van der Waals surface area contributed by atoms with Gasteiger partial charge in [-0.1, -0.05) is 12.8 Å². The summed E-state index contributed by atoms with van der Waals surface area (Å²) in [5.74, 6) is 0.852. The first-order valence-corrected chi connectivity index (χ1v) is 9.19. The van der Waals surface area contributed by atoms with Gasteiger partial charge in [-0.15, -0.1) is 0 Å². The van der Waals surface area contributed by atoms with Crippen molar-refractivity contribution in [1.82, 2.24) is 19.5 Å². The predicted molar refractivity (Wildman–Crippen MR) is 100 cm³/mol. The Balaban J connectivity index is 1.65. The molecule has 0 unspecified atom stereocenters. The Morgan fingerprint density at radius 3 is 2.59 bits per heavy atom. The normalized spacial score (nSPS) is 14.6. The lowest BCUT2D eigenvalue weighted by Gasteiger charge is -2.12. The van der Waals surface area contributed by atoms with Gasteiger partial charge in [-0.05, 0) is 49.1 Å². The van der Waals surface area contributed by atoms with Crippen LogP contribution < -0.4 is 5.32 Å². The van der Waals surface area contributed by atoms with Gasteiger partial charge in [-0.3, -0.25) is 4.57 Å².